The van der Waals surface area contributed by atoms with E-state index in [9.17, 15) is 4.79 Å². The summed E-state index contributed by atoms with van der Waals surface area (Å²) < 4.78 is 7.82. The van der Waals surface area contributed by atoms with Gasteiger partial charge in [0.1, 0.15) is 12.1 Å². The molecule has 0 unspecified atom stereocenters. The Kier molecular flexibility index (Phi) is 6.18. The van der Waals surface area contributed by atoms with E-state index in [2.05, 4.69) is 31.4 Å². The molecular formula is C17H14BrClN4O2S. The van der Waals surface area contributed by atoms with Crippen molar-refractivity contribution in [3.63, 3.8) is 0 Å². The lowest BCUT2D eigenvalue weighted by Crippen LogP contribution is -2.14. The van der Waals surface area contributed by atoms with Crippen LogP contribution in [0, 0.1) is 0 Å². The van der Waals surface area contributed by atoms with Gasteiger partial charge in [0.15, 0.2) is 5.16 Å². The Morgan fingerprint density at radius 2 is 2.08 bits per heavy atom. The summed E-state index contributed by atoms with van der Waals surface area (Å²) in [5, 5.41) is 11.9. The third kappa shape index (κ3) is 4.57. The van der Waals surface area contributed by atoms with Gasteiger partial charge < -0.3 is 10.1 Å². The van der Waals surface area contributed by atoms with E-state index in [0.29, 0.717) is 15.9 Å². The van der Waals surface area contributed by atoms with Gasteiger partial charge in [0, 0.05) is 10.2 Å². The number of hydrogen-bond donors (Lipinski definition) is 1. The van der Waals surface area contributed by atoms with Crippen molar-refractivity contribution in [1.82, 2.24) is 14.8 Å². The Hall–Kier alpha value is -2.03. The molecule has 1 heterocycles. The van der Waals surface area contributed by atoms with Crippen molar-refractivity contribution in [2.24, 2.45) is 0 Å². The maximum atomic E-state index is 12.2. The SMILES string of the molecule is COc1ccc(-n2cnnc2SCC(=O)Nc2ccc(Br)cc2Cl)cc1. The Labute approximate surface area is 168 Å². The Morgan fingerprint density at radius 3 is 2.77 bits per heavy atom. The minimum atomic E-state index is -0.177. The van der Waals surface area contributed by atoms with E-state index in [1.807, 2.05) is 34.9 Å². The number of anilines is 1. The van der Waals surface area contributed by atoms with Crippen LogP contribution in [0.1, 0.15) is 0 Å². The van der Waals surface area contributed by atoms with E-state index in [0.717, 1.165) is 15.9 Å². The molecule has 0 atom stereocenters. The molecule has 0 aliphatic carbocycles. The molecule has 0 saturated heterocycles. The van der Waals surface area contributed by atoms with Crippen molar-refractivity contribution < 1.29 is 9.53 Å². The number of benzene rings is 2. The molecule has 0 radical (unpaired) electrons. The number of nitrogens with zero attached hydrogens (tertiary/aromatic N) is 3. The quantitative estimate of drug-likeness (QED) is 0.559. The standard InChI is InChI=1S/C17H14BrClN4O2S/c1-25-13-5-3-12(4-6-13)23-10-20-22-17(23)26-9-16(24)21-15-7-2-11(18)8-14(15)19/h2-8,10H,9H2,1H3,(H,21,24). The largest absolute Gasteiger partial charge is 0.497 e. The fourth-order valence-electron chi connectivity index (χ4n) is 2.15. The highest BCUT2D eigenvalue weighted by atomic mass is 79.9. The first kappa shape index (κ1) is 18.8. The first-order valence-corrected chi connectivity index (χ1v) is 9.64. The molecule has 0 spiro atoms. The van der Waals surface area contributed by atoms with Gasteiger partial charge in [0.25, 0.3) is 0 Å². The van der Waals surface area contributed by atoms with Gasteiger partial charge in [-0.05, 0) is 42.5 Å². The number of nitrogens with one attached hydrogen (secondary N) is 1. The average Bonchev–Trinajstić information content (AvgIpc) is 3.11. The second-order valence-electron chi connectivity index (χ2n) is 5.14. The fourth-order valence-corrected chi connectivity index (χ4v) is 3.60. The van der Waals surface area contributed by atoms with Crippen LogP contribution in [-0.2, 0) is 4.79 Å². The number of aromatic nitrogens is 3. The third-order valence-corrected chi connectivity index (χ3v) is 5.15. The minimum absolute atomic E-state index is 0.177. The van der Waals surface area contributed by atoms with Gasteiger partial charge in [-0.2, -0.15) is 0 Å². The first-order valence-electron chi connectivity index (χ1n) is 7.49. The Morgan fingerprint density at radius 1 is 1.31 bits per heavy atom. The molecule has 0 bridgehead atoms. The lowest BCUT2D eigenvalue weighted by atomic mass is 10.3. The summed E-state index contributed by atoms with van der Waals surface area (Å²) in [7, 11) is 1.62. The number of halogens is 2. The summed E-state index contributed by atoms with van der Waals surface area (Å²) in [6.45, 7) is 0. The van der Waals surface area contributed by atoms with Crippen LogP contribution in [0.4, 0.5) is 5.69 Å². The molecule has 0 aliphatic heterocycles. The number of ether oxygens (including phenoxy) is 1. The summed E-state index contributed by atoms with van der Waals surface area (Å²) in [5.74, 6) is 0.770. The lowest BCUT2D eigenvalue weighted by Gasteiger charge is -2.09. The molecule has 3 rings (SSSR count). The average molecular weight is 454 g/mol. The number of carbonyl (C=O) groups excluding carboxylic acids is 1. The van der Waals surface area contributed by atoms with Gasteiger partial charge in [-0.1, -0.05) is 39.3 Å². The first-order chi connectivity index (χ1) is 12.6. The van der Waals surface area contributed by atoms with Crippen LogP contribution in [0.2, 0.25) is 5.02 Å². The number of rotatable bonds is 6. The van der Waals surface area contributed by atoms with E-state index in [1.54, 1.807) is 25.6 Å². The van der Waals surface area contributed by atoms with Gasteiger partial charge in [0.2, 0.25) is 5.91 Å². The molecule has 0 aliphatic rings. The summed E-state index contributed by atoms with van der Waals surface area (Å²) >= 11 is 10.7. The molecule has 0 saturated carbocycles. The zero-order valence-electron chi connectivity index (χ0n) is 13.6. The highest BCUT2D eigenvalue weighted by Gasteiger charge is 2.12. The molecule has 3 aromatic rings. The Balaban J connectivity index is 1.64. The van der Waals surface area contributed by atoms with E-state index in [4.69, 9.17) is 16.3 Å². The van der Waals surface area contributed by atoms with Gasteiger partial charge in [0.05, 0.1) is 23.6 Å². The molecular weight excluding hydrogens is 440 g/mol. The van der Waals surface area contributed by atoms with Crippen LogP contribution in [0.25, 0.3) is 5.69 Å². The molecule has 134 valence electrons. The highest BCUT2D eigenvalue weighted by Crippen LogP contribution is 2.26. The number of amides is 1. The lowest BCUT2D eigenvalue weighted by molar-refractivity contribution is -0.113. The number of carbonyl (C=O) groups is 1. The van der Waals surface area contributed by atoms with Crippen molar-refractivity contribution in [2.45, 2.75) is 5.16 Å². The summed E-state index contributed by atoms with van der Waals surface area (Å²) in [6.07, 6.45) is 1.60. The van der Waals surface area contributed by atoms with Crippen molar-refractivity contribution in [3.05, 3.63) is 58.3 Å². The summed E-state index contributed by atoms with van der Waals surface area (Å²) in [6, 6.07) is 12.8. The van der Waals surface area contributed by atoms with E-state index in [1.165, 1.54) is 11.8 Å². The predicted octanol–water partition coefficient (Wildman–Crippen LogP) is 4.42. The fraction of sp³-hybridized carbons (Fsp3) is 0.118. The van der Waals surface area contributed by atoms with Crippen molar-refractivity contribution in [3.8, 4) is 11.4 Å². The molecule has 26 heavy (non-hydrogen) atoms. The maximum Gasteiger partial charge on any atom is 0.234 e. The van der Waals surface area contributed by atoms with Crippen LogP contribution in [0.5, 0.6) is 5.75 Å². The van der Waals surface area contributed by atoms with Gasteiger partial charge >= 0.3 is 0 Å². The third-order valence-electron chi connectivity index (χ3n) is 3.40. The summed E-state index contributed by atoms with van der Waals surface area (Å²) in [5.41, 5.74) is 1.45. The molecule has 2 aromatic carbocycles. The molecule has 6 nitrogen and oxygen atoms in total. The van der Waals surface area contributed by atoms with Crippen LogP contribution >= 0.6 is 39.3 Å². The van der Waals surface area contributed by atoms with Crippen LogP contribution < -0.4 is 10.1 Å². The van der Waals surface area contributed by atoms with E-state index < -0.39 is 0 Å². The molecule has 1 N–H and O–H groups in total. The van der Waals surface area contributed by atoms with Crippen LogP contribution in [-0.4, -0.2) is 33.5 Å². The van der Waals surface area contributed by atoms with Crippen molar-refractivity contribution >= 4 is 50.9 Å². The van der Waals surface area contributed by atoms with Crippen molar-refractivity contribution in [2.75, 3.05) is 18.2 Å². The second kappa shape index (κ2) is 8.57. The van der Waals surface area contributed by atoms with Gasteiger partial charge in [-0.15, -0.1) is 10.2 Å². The van der Waals surface area contributed by atoms with Crippen LogP contribution in [0.3, 0.4) is 0 Å². The monoisotopic (exact) mass is 452 g/mol. The minimum Gasteiger partial charge on any atom is -0.497 e. The van der Waals surface area contributed by atoms with Crippen LogP contribution in [0.15, 0.2) is 58.4 Å². The normalized spacial score (nSPS) is 10.6. The van der Waals surface area contributed by atoms with Gasteiger partial charge in [-0.25, -0.2) is 0 Å². The van der Waals surface area contributed by atoms with E-state index >= 15 is 0 Å². The topological polar surface area (TPSA) is 69.0 Å². The predicted molar refractivity (Wildman–Crippen MR) is 106 cm³/mol. The number of methoxy groups -OCH3 is 1. The smallest absolute Gasteiger partial charge is 0.234 e. The number of hydrogen-bond acceptors (Lipinski definition) is 5. The second-order valence-corrected chi connectivity index (χ2v) is 7.41. The van der Waals surface area contributed by atoms with Crippen molar-refractivity contribution in [1.29, 1.82) is 0 Å². The molecule has 1 amide bonds. The van der Waals surface area contributed by atoms with E-state index in [-0.39, 0.29) is 11.7 Å². The highest BCUT2D eigenvalue weighted by molar-refractivity contribution is 9.10. The zero-order valence-corrected chi connectivity index (χ0v) is 16.8. The zero-order chi connectivity index (χ0) is 18.5. The Bertz CT molecular complexity index is 917. The van der Waals surface area contributed by atoms with Gasteiger partial charge in [-0.3, -0.25) is 9.36 Å². The molecule has 1 aromatic heterocycles. The molecule has 0 fully saturated rings. The maximum absolute atomic E-state index is 12.2. The molecule has 9 heteroatoms. The number of thioether (sulfide) groups is 1. The summed E-state index contributed by atoms with van der Waals surface area (Å²) in [4.78, 5) is 12.2.